The first-order valence-corrected chi connectivity index (χ1v) is 11.1. The molecule has 0 radical (unpaired) electrons. The summed E-state index contributed by atoms with van der Waals surface area (Å²) in [6, 6.07) is 14.9. The van der Waals surface area contributed by atoms with E-state index in [0.717, 1.165) is 22.5 Å². The van der Waals surface area contributed by atoms with Crippen molar-refractivity contribution in [2.75, 3.05) is 20.8 Å². The Morgan fingerprint density at radius 2 is 1.94 bits per heavy atom. The Labute approximate surface area is 202 Å². The minimum atomic E-state index is -0.975. The van der Waals surface area contributed by atoms with Gasteiger partial charge in [0.1, 0.15) is 12.2 Å². The molecule has 9 heteroatoms. The number of aromatic nitrogens is 1. The van der Waals surface area contributed by atoms with Crippen molar-refractivity contribution in [2.45, 2.75) is 25.0 Å². The first-order chi connectivity index (χ1) is 16.4. The molecule has 34 heavy (non-hydrogen) atoms. The number of nitrogens with zero attached hydrogens (tertiary/aromatic N) is 1. The predicted octanol–water partition coefficient (Wildman–Crippen LogP) is 4.29. The van der Waals surface area contributed by atoms with E-state index in [1.807, 2.05) is 53.2 Å². The molecule has 2 N–H and O–H groups in total. The fraction of sp³-hybridized carbons (Fsp3) is 0.280. The van der Waals surface area contributed by atoms with E-state index < -0.39 is 18.2 Å². The van der Waals surface area contributed by atoms with E-state index in [-0.39, 0.29) is 25.3 Å². The number of para-hydroxylation sites is 1. The van der Waals surface area contributed by atoms with Crippen LogP contribution in [0.1, 0.15) is 41.9 Å². The lowest BCUT2D eigenvalue weighted by Gasteiger charge is -2.25. The van der Waals surface area contributed by atoms with E-state index in [1.54, 1.807) is 20.3 Å². The predicted molar refractivity (Wildman–Crippen MR) is 126 cm³/mol. The Morgan fingerprint density at radius 3 is 2.68 bits per heavy atom. The zero-order valence-corrected chi connectivity index (χ0v) is 19.5. The normalized spacial score (nSPS) is 16.7. The first kappa shape index (κ1) is 23.7. The van der Waals surface area contributed by atoms with Gasteiger partial charge in [0.2, 0.25) is 5.91 Å². The van der Waals surface area contributed by atoms with Gasteiger partial charge in [-0.2, -0.15) is 0 Å². The number of carbonyl (C=O) groups is 2. The molecular weight excluding hydrogens is 460 g/mol. The number of hydrogen-bond acceptors (Lipinski definition) is 5. The molecule has 0 bridgehead atoms. The van der Waals surface area contributed by atoms with Crippen molar-refractivity contribution in [3.05, 3.63) is 76.6 Å². The van der Waals surface area contributed by atoms with Crippen molar-refractivity contribution in [3.63, 3.8) is 0 Å². The van der Waals surface area contributed by atoms with Crippen LogP contribution in [0.25, 0.3) is 5.69 Å². The highest BCUT2D eigenvalue weighted by Crippen LogP contribution is 2.46. The Morgan fingerprint density at radius 1 is 1.12 bits per heavy atom. The van der Waals surface area contributed by atoms with E-state index in [2.05, 4.69) is 5.32 Å². The highest BCUT2D eigenvalue weighted by atomic mass is 35.5. The molecule has 4 rings (SSSR count). The summed E-state index contributed by atoms with van der Waals surface area (Å²) < 4.78 is 19.8. The van der Waals surface area contributed by atoms with Gasteiger partial charge in [0, 0.05) is 28.9 Å². The fourth-order valence-corrected chi connectivity index (χ4v) is 4.38. The van der Waals surface area contributed by atoms with E-state index in [0.29, 0.717) is 16.5 Å². The quantitative estimate of drug-likeness (QED) is 0.495. The summed E-state index contributed by atoms with van der Waals surface area (Å²) >= 11 is 6.39. The Kier molecular flexibility index (Phi) is 7.09. The van der Waals surface area contributed by atoms with Gasteiger partial charge in [-0.25, -0.2) is 0 Å². The maximum Gasteiger partial charge on any atom is 0.305 e. The number of carboxylic acid groups (broad SMARTS) is 1. The van der Waals surface area contributed by atoms with Crippen LogP contribution in [0, 0.1) is 0 Å². The minimum Gasteiger partial charge on any atom is -0.493 e. The van der Waals surface area contributed by atoms with E-state index in [4.69, 9.17) is 30.9 Å². The van der Waals surface area contributed by atoms with Crippen LogP contribution < -0.4 is 14.8 Å². The molecule has 1 amide bonds. The number of rotatable bonds is 8. The van der Waals surface area contributed by atoms with Crippen LogP contribution >= 0.6 is 11.6 Å². The fourth-order valence-electron chi connectivity index (χ4n) is 4.20. The zero-order valence-electron chi connectivity index (χ0n) is 18.8. The molecule has 3 aromatic rings. The van der Waals surface area contributed by atoms with Gasteiger partial charge >= 0.3 is 5.97 Å². The van der Waals surface area contributed by atoms with Gasteiger partial charge in [-0.3, -0.25) is 9.59 Å². The number of halogens is 1. The third kappa shape index (κ3) is 4.73. The minimum absolute atomic E-state index is 0.00807. The van der Waals surface area contributed by atoms with Crippen LogP contribution in [0.3, 0.4) is 0 Å². The second-order valence-electron chi connectivity index (χ2n) is 7.79. The van der Waals surface area contributed by atoms with E-state index in [1.165, 1.54) is 0 Å². The molecule has 0 fully saturated rings. The van der Waals surface area contributed by atoms with Gasteiger partial charge in [0.05, 0.1) is 38.4 Å². The smallest absolute Gasteiger partial charge is 0.305 e. The second-order valence-corrected chi connectivity index (χ2v) is 8.23. The molecule has 0 saturated carbocycles. The van der Waals surface area contributed by atoms with E-state index >= 15 is 0 Å². The number of carbonyl (C=O) groups excluding carboxylic acids is 1. The summed E-state index contributed by atoms with van der Waals surface area (Å²) in [6.07, 6.45) is 0.531. The molecule has 1 aliphatic heterocycles. The van der Waals surface area contributed by atoms with Crippen LogP contribution in [-0.2, 0) is 14.3 Å². The average Bonchev–Trinajstić information content (AvgIpc) is 3.26. The van der Waals surface area contributed by atoms with Crippen molar-refractivity contribution in [1.29, 1.82) is 0 Å². The number of aliphatic carboxylic acids is 1. The number of fused-ring (bicyclic) bond motifs is 3. The number of nitrogens with one attached hydrogen (secondary N) is 1. The zero-order chi connectivity index (χ0) is 24.2. The van der Waals surface area contributed by atoms with Gasteiger partial charge < -0.3 is 29.2 Å². The molecule has 178 valence electrons. The van der Waals surface area contributed by atoms with Crippen molar-refractivity contribution >= 4 is 23.5 Å². The largest absolute Gasteiger partial charge is 0.493 e. The molecule has 0 spiro atoms. The van der Waals surface area contributed by atoms with Gasteiger partial charge in [0.15, 0.2) is 11.5 Å². The molecule has 0 unspecified atom stereocenters. The number of amides is 1. The standard InChI is InChI=1S/C25H25ClN2O6/c1-32-20-7-3-5-16(25(20)33-2)24-17-13-15(26)8-9-18(17)28-12-4-6-19(28)21(34-24)14-22(29)27-11-10-23(30)31/h3-9,12-13,21,24H,10-11,14H2,1-2H3,(H,27,29)(H,30,31)/t21-,24-/m1/s1. The van der Waals surface area contributed by atoms with Gasteiger partial charge in [-0.05, 0) is 36.4 Å². The summed E-state index contributed by atoms with van der Waals surface area (Å²) in [6.45, 7) is 0.0465. The van der Waals surface area contributed by atoms with Gasteiger partial charge in [-0.1, -0.05) is 23.7 Å². The molecular formula is C25H25ClN2O6. The molecule has 2 heterocycles. The van der Waals surface area contributed by atoms with Crippen molar-refractivity contribution in [2.24, 2.45) is 0 Å². The number of carboxylic acids is 1. The Hall–Kier alpha value is -3.49. The monoisotopic (exact) mass is 484 g/mol. The summed E-state index contributed by atoms with van der Waals surface area (Å²) in [7, 11) is 3.13. The molecule has 0 saturated heterocycles. The molecule has 2 atom stereocenters. The summed E-state index contributed by atoms with van der Waals surface area (Å²) in [5.74, 6) is -0.201. The highest BCUT2D eigenvalue weighted by Gasteiger charge is 2.33. The number of methoxy groups -OCH3 is 2. The highest BCUT2D eigenvalue weighted by molar-refractivity contribution is 6.30. The SMILES string of the molecule is COc1cccc([C@H]2O[C@H](CC(=O)NCCC(=O)O)c3cccn3-c3ccc(Cl)cc32)c1OC. The topological polar surface area (TPSA) is 99.0 Å². The molecule has 8 nitrogen and oxygen atoms in total. The van der Waals surface area contributed by atoms with Crippen LogP contribution in [0.4, 0.5) is 0 Å². The number of hydrogen-bond donors (Lipinski definition) is 2. The van der Waals surface area contributed by atoms with Crippen molar-refractivity contribution in [3.8, 4) is 17.2 Å². The van der Waals surface area contributed by atoms with Crippen LogP contribution in [0.15, 0.2) is 54.7 Å². The maximum absolute atomic E-state index is 12.7. The average molecular weight is 485 g/mol. The summed E-state index contributed by atoms with van der Waals surface area (Å²) in [5, 5.41) is 12.1. The van der Waals surface area contributed by atoms with Crippen LogP contribution in [0.2, 0.25) is 5.02 Å². The Bertz CT molecular complexity index is 1210. The van der Waals surface area contributed by atoms with Crippen molar-refractivity contribution < 1.29 is 28.9 Å². The first-order valence-electron chi connectivity index (χ1n) is 10.7. The van der Waals surface area contributed by atoms with Crippen molar-refractivity contribution in [1.82, 2.24) is 9.88 Å². The molecule has 0 aliphatic carbocycles. The lowest BCUT2D eigenvalue weighted by Crippen LogP contribution is -2.28. The number of benzene rings is 2. The van der Waals surface area contributed by atoms with Gasteiger partial charge in [0.25, 0.3) is 0 Å². The maximum atomic E-state index is 12.7. The summed E-state index contributed by atoms with van der Waals surface area (Å²) in [5.41, 5.74) is 3.20. The van der Waals surface area contributed by atoms with Gasteiger partial charge in [-0.15, -0.1) is 0 Å². The lowest BCUT2D eigenvalue weighted by atomic mass is 9.98. The lowest BCUT2D eigenvalue weighted by molar-refractivity contribution is -0.137. The second kappa shape index (κ2) is 10.2. The van der Waals surface area contributed by atoms with Crippen LogP contribution in [-0.4, -0.2) is 42.3 Å². The molecule has 1 aliphatic rings. The third-order valence-electron chi connectivity index (χ3n) is 5.69. The summed E-state index contributed by atoms with van der Waals surface area (Å²) in [4.78, 5) is 23.5. The molecule has 2 aromatic carbocycles. The van der Waals surface area contributed by atoms with E-state index in [9.17, 15) is 9.59 Å². The Balaban J connectivity index is 1.78. The third-order valence-corrected chi connectivity index (χ3v) is 5.92. The number of ether oxygens (including phenoxy) is 3. The van der Waals surface area contributed by atoms with Crippen LogP contribution in [0.5, 0.6) is 11.5 Å². The molecule has 1 aromatic heterocycles.